The second kappa shape index (κ2) is 8.31. The van der Waals surface area contributed by atoms with Crippen molar-refractivity contribution in [3.8, 4) is 5.69 Å². The number of nitrogens with zero attached hydrogens (tertiary/aromatic N) is 2. The van der Waals surface area contributed by atoms with Gasteiger partial charge in [-0.1, -0.05) is 54.6 Å². The third kappa shape index (κ3) is 3.85. The predicted octanol–water partition coefficient (Wildman–Crippen LogP) is 3.43. The molecule has 1 amide bonds. The molecule has 0 saturated heterocycles. The van der Waals surface area contributed by atoms with Gasteiger partial charge < -0.3 is 10.1 Å². The number of fused-ring (bicyclic) bond motifs is 1. The molecular formula is C24H21N3O4. The van der Waals surface area contributed by atoms with Gasteiger partial charge in [-0.15, -0.1) is 0 Å². The Hall–Kier alpha value is -4.13. The second-order valence-corrected chi connectivity index (χ2v) is 7.09. The highest BCUT2D eigenvalue weighted by atomic mass is 16.5. The summed E-state index contributed by atoms with van der Waals surface area (Å²) in [6, 6.07) is 21.9. The minimum atomic E-state index is -0.599. The number of ether oxygens (including phenoxy) is 1. The van der Waals surface area contributed by atoms with E-state index in [2.05, 4.69) is 5.32 Å². The zero-order valence-electron chi connectivity index (χ0n) is 17.2. The Bertz CT molecular complexity index is 1330. The van der Waals surface area contributed by atoms with Crippen LogP contribution in [0.3, 0.4) is 0 Å². The first-order valence-corrected chi connectivity index (χ1v) is 9.76. The lowest BCUT2D eigenvalue weighted by Gasteiger charge is -2.08. The van der Waals surface area contributed by atoms with Gasteiger partial charge in [-0.25, -0.2) is 9.48 Å². The van der Waals surface area contributed by atoms with Gasteiger partial charge in [0.05, 0.1) is 16.9 Å². The molecule has 1 N–H and O–H groups in total. The lowest BCUT2D eigenvalue weighted by molar-refractivity contribution is -0.119. The fourth-order valence-corrected chi connectivity index (χ4v) is 3.50. The Kier molecular flexibility index (Phi) is 5.41. The summed E-state index contributed by atoms with van der Waals surface area (Å²) in [7, 11) is 1.74. The molecule has 7 heteroatoms. The molecule has 0 unspecified atom stereocenters. The van der Waals surface area contributed by atoms with Gasteiger partial charge >= 0.3 is 5.97 Å². The van der Waals surface area contributed by atoms with Gasteiger partial charge in [0.15, 0.2) is 6.61 Å². The normalized spacial score (nSPS) is 10.8. The van der Waals surface area contributed by atoms with E-state index in [1.807, 2.05) is 48.5 Å². The molecule has 4 aromatic rings. The highest BCUT2D eigenvalue weighted by Gasteiger charge is 2.19. The molecule has 0 spiro atoms. The van der Waals surface area contributed by atoms with Crippen molar-refractivity contribution in [3.63, 3.8) is 0 Å². The number of carbonyl (C=O) groups is 2. The molecule has 31 heavy (non-hydrogen) atoms. The molecular weight excluding hydrogens is 394 g/mol. The maximum atomic E-state index is 12.9. The van der Waals surface area contributed by atoms with Crippen molar-refractivity contribution in [1.82, 2.24) is 9.36 Å². The van der Waals surface area contributed by atoms with Crippen molar-refractivity contribution in [2.45, 2.75) is 6.92 Å². The molecule has 0 aliphatic rings. The van der Waals surface area contributed by atoms with Crippen molar-refractivity contribution < 1.29 is 14.3 Å². The quantitative estimate of drug-likeness (QED) is 0.506. The van der Waals surface area contributed by atoms with Crippen LogP contribution in [0.1, 0.15) is 16.1 Å². The molecule has 1 aromatic heterocycles. The topological polar surface area (TPSA) is 82.3 Å². The smallest absolute Gasteiger partial charge is 0.339 e. The van der Waals surface area contributed by atoms with Crippen LogP contribution in [-0.4, -0.2) is 27.8 Å². The zero-order valence-corrected chi connectivity index (χ0v) is 17.2. The minimum absolute atomic E-state index is 0.151. The summed E-state index contributed by atoms with van der Waals surface area (Å²) in [6.07, 6.45) is 0. The predicted molar refractivity (Wildman–Crippen MR) is 119 cm³/mol. The molecule has 0 aliphatic heterocycles. The molecule has 0 bridgehead atoms. The van der Waals surface area contributed by atoms with Crippen LogP contribution in [0.25, 0.3) is 16.5 Å². The van der Waals surface area contributed by atoms with Gasteiger partial charge in [0.25, 0.3) is 11.5 Å². The van der Waals surface area contributed by atoms with Gasteiger partial charge in [0.2, 0.25) is 0 Å². The van der Waals surface area contributed by atoms with E-state index in [-0.39, 0.29) is 11.2 Å². The van der Waals surface area contributed by atoms with Crippen molar-refractivity contribution in [3.05, 3.63) is 94.4 Å². The zero-order chi connectivity index (χ0) is 22.0. The van der Waals surface area contributed by atoms with Crippen LogP contribution < -0.4 is 10.9 Å². The van der Waals surface area contributed by atoms with Crippen LogP contribution in [0.2, 0.25) is 0 Å². The fraction of sp³-hybridized carbons (Fsp3) is 0.125. The average Bonchev–Trinajstić information content (AvgIpc) is 3.00. The van der Waals surface area contributed by atoms with E-state index in [4.69, 9.17) is 4.74 Å². The molecule has 0 aliphatic carbocycles. The molecule has 0 radical (unpaired) electrons. The summed E-state index contributed by atoms with van der Waals surface area (Å²) < 4.78 is 8.33. The molecule has 0 fully saturated rings. The highest BCUT2D eigenvalue weighted by Crippen LogP contribution is 2.19. The summed E-state index contributed by atoms with van der Waals surface area (Å²) in [5.74, 6) is -1.18. The molecule has 156 valence electrons. The minimum Gasteiger partial charge on any atom is -0.452 e. The van der Waals surface area contributed by atoms with E-state index in [1.165, 1.54) is 4.68 Å². The number of esters is 1. The van der Waals surface area contributed by atoms with E-state index in [0.29, 0.717) is 16.9 Å². The number of para-hydroxylation sites is 1. The summed E-state index contributed by atoms with van der Waals surface area (Å²) in [4.78, 5) is 37.8. The van der Waals surface area contributed by atoms with Crippen LogP contribution >= 0.6 is 0 Å². The Morgan fingerprint density at radius 1 is 0.935 bits per heavy atom. The first-order valence-electron chi connectivity index (χ1n) is 9.76. The molecule has 1 heterocycles. The SMILES string of the molecule is Cc1c(NC(=O)COC(=O)c2cccc3ccccc23)c(=O)n(-c2ccccc2)n1C. The Labute approximate surface area is 178 Å². The number of rotatable bonds is 5. The van der Waals surface area contributed by atoms with E-state index in [9.17, 15) is 14.4 Å². The maximum absolute atomic E-state index is 12.9. The average molecular weight is 415 g/mol. The summed E-state index contributed by atoms with van der Waals surface area (Å²) in [6.45, 7) is 1.24. The molecule has 0 atom stereocenters. The maximum Gasteiger partial charge on any atom is 0.339 e. The second-order valence-electron chi connectivity index (χ2n) is 7.09. The van der Waals surface area contributed by atoms with Crippen molar-refractivity contribution >= 4 is 28.3 Å². The summed E-state index contributed by atoms with van der Waals surface area (Å²) in [5, 5.41) is 4.24. The first kappa shape index (κ1) is 20.2. The molecule has 3 aromatic carbocycles. The van der Waals surface area contributed by atoms with Gasteiger partial charge in [-0.2, -0.15) is 0 Å². The lowest BCUT2D eigenvalue weighted by atomic mass is 10.1. The van der Waals surface area contributed by atoms with Crippen molar-refractivity contribution in [2.24, 2.45) is 7.05 Å². The van der Waals surface area contributed by atoms with Crippen LogP contribution in [0, 0.1) is 6.92 Å². The number of amides is 1. The number of nitrogens with one attached hydrogen (secondary N) is 1. The number of hydrogen-bond acceptors (Lipinski definition) is 4. The summed E-state index contributed by atoms with van der Waals surface area (Å²) >= 11 is 0. The van der Waals surface area contributed by atoms with E-state index in [0.717, 1.165) is 10.8 Å². The van der Waals surface area contributed by atoms with Crippen LogP contribution in [0.4, 0.5) is 5.69 Å². The fourth-order valence-electron chi connectivity index (χ4n) is 3.50. The van der Waals surface area contributed by atoms with Crippen molar-refractivity contribution in [2.75, 3.05) is 11.9 Å². The number of hydrogen-bond donors (Lipinski definition) is 1. The Morgan fingerprint density at radius 2 is 1.61 bits per heavy atom. The lowest BCUT2D eigenvalue weighted by Crippen LogP contribution is -2.25. The monoisotopic (exact) mass is 415 g/mol. The van der Waals surface area contributed by atoms with Gasteiger partial charge in [-0.05, 0) is 35.9 Å². The van der Waals surface area contributed by atoms with E-state index < -0.39 is 18.5 Å². The third-order valence-electron chi connectivity index (χ3n) is 5.16. The van der Waals surface area contributed by atoms with Crippen molar-refractivity contribution in [1.29, 1.82) is 0 Å². The highest BCUT2D eigenvalue weighted by molar-refractivity contribution is 6.05. The van der Waals surface area contributed by atoms with E-state index in [1.54, 1.807) is 42.9 Å². The van der Waals surface area contributed by atoms with Crippen LogP contribution in [0.5, 0.6) is 0 Å². The first-order chi connectivity index (χ1) is 15.0. The Morgan fingerprint density at radius 3 is 2.39 bits per heavy atom. The van der Waals surface area contributed by atoms with E-state index >= 15 is 0 Å². The number of aromatic nitrogens is 2. The standard InChI is InChI=1S/C24H21N3O4/c1-16-22(23(29)27(26(16)2)18-11-4-3-5-12-18)25-21(28)15-31-24(30)20-14-8-10-17-9-6-7-13-19(17)20/h3-14H,15H2,1-2H3,(H,25,28). The molecule has 4 rings (SSSR count). The third-order valence-corrected chi connectivity index (χ3v) is 5.16. The van der Waals surface area contributed by atoms with Gasteiger partial charge in [0, 0.05) is 7.05 Å². The van der Waals surface area contributed by atoms with Gasteiger partial charge in [-0.3, -0.25) is 14.3 Å². The number of anilines is 1. The Balaban J connectivity index is 1.50. The van der Waals surface area contributed by atoms with Crippen LogP contribution in [0.15, 0.2) is 77.6 Å². The largest absolute Gasteiger partial charge is 0.452 e. The molecule has 0 saturated carbocycles. The molecule has 7 nitrogen and oxygen atoms in total. The van der Waals surface area contributed by atoms with Gasteiger partial charge in [0.1, 0.15) is 5.69 Å². The summed E-state index contributed by atoms with van der Waals surface area (Å²) in [5.41, 5.74) is 1.44. The number of carbonyl (C=O) groups excluding carboxylic acids is 2. The van der Waals surface area contributed by atoms with Crippen LogP contribution in [-0.2, 0) is 16.6 Å². The number of benzene rings is 3.